The highest BCUT2D eigenvalue weighted by atomic mass is 32.1. The molecule has 0 unspecified atom stereocenters. The summed E-state index contributed by atoms with van der Waals surface area (Å²) in [5.74, 6) is 0.186. The first-order valence-corrected chi connectivity index (χ1v) is 10.1. The molecule has 23 heavy (non-hydrogen) atoms. The van der Waals surface area contributed by atoms with Gasteiger partial charge < -0.3 is 4.90 Å². The number of carbonyl (C=O) groups is 1. The van der Waals surface area contributed by atoms with Gasteiger partial charge in [0, 0.05) is 22.7 Å². The second kappa shape index (κ2) is 6.42. The molecule has 1 heterocycles. The molecule has 0 saturated heterocycles. The molecule has 0 aromatic carbocycles. The van der Waals surface area contributed by atoms with Crippen molar-refractivity contribution < 1.29 is 4.79 Å². The summed E-state index contributed by atoms with van der Waals surface area (Å²) in [4.78, 5) is 28.8. The lowest BCUT2D eigenvalue weighted by Gasteiger charge is -2.29. The first-order valence-electron chi connectivity index (χ1n) is 9.26. The minimum Gasteiger partial charge on any atom is -0.335 e. The lowest BCUT2D eigenvalue weighted by atomic mass is 10.2. The van der Waals surface area contributed by atoms with Crippen LogP contribution in [-0.2, 0) is 24.2 Å². The molecule has 2 saturated carbocycles. The van der Waals surface area contributed by atoms with Gasteiger partial charge in [-0.3, -0.25) is 14.2 Å². The number of amides is 1. The second-order valence-electron chi connectivity index (χ2n) is 7.36. The van der Waals surface area contributed by atoms with Crippen LogP contribution in [0.15, 0.2) is 4.79 Å². The van der Waals surface area contributed by atoms with E-state index in [2.05, 4.69) is 4.90 Å². The number of aromatic nitrogens is 1. The van der Waals surface area contributed by atoms with Gasteiger partial charge in [0.1, 0.15) is 6.54 Å². The summed E-state index contributed by atoms with van der Waals surface area (Å²) in [7, 11) is 0. The van der Waals surface area contributed by atoms with Gasteiger partial charge in [-0.05, 0) is 51.4 Å². The molecule has 5 heteroatoms. The van der Waals surface area contributed by atoms with E-state index in [1.165, 1.54) is 41.9 Å². The number of rotatable bonds is 4. The van der Waals surface area contributed by atoms with E-state index < -0.39 is 0 Å². The zero-order valence-electron chi connectivity index (χ0n) is 13.8. The van der Waals surface area contributed by atoms with Crippen molar-refractivity contribution in [2.45, 2.75) is 89.3 Å². The molecule has 126 valence electrons. The Balaban J connectivity index is 1.56. The van der Waals surface area contributed by atoms with Gasteiger partial charge in [-0.1, -0.05) is 30.6 Å². The molecular weight excluding hydrogens is 308 g/mol. The van der Waals surface area contributed by atoms with Crippen molar-refractivity contribution in [3.05, 3.63) is 20.2 Å². The number of hydrogen-bond acceptors (Lipinski definition) is 3. The fourth-order valence-corrected chi connectivity index (χ4v) is 5.39. The molecule has 0 aliphatic heterocycles. The lowest BCUT2D eigenvalue weighted by Crippen LogP contribution is -2.43. The summed E-state index contributed by atoms with van der Waals surface area (Å²) in [6.07, 6.45) is 12.6. The first-order chi connectivity index (χ1) is 11.2. The summed E-state index contributed by atoms with van der Waals surface area (Å²) in [6, 6.07) is 0.890. The number of aryl methyl sites for hydroxylation is 1. The average molecular weight is 334 g/mol. The van der Waals surface area contributed by atoms with E-state index in [4.69, 9.17) is 0 Å². The van der Waals surface area contributed by atoms with Crippen molar-refractivity contribution in [2.75, 3.05) is 0 Å². The second-order valence-corrected chi connectivity index (χ2v) is 8.40. The van der Waals surface area contributed by atoms with E-state index in [0.717, 1.165) is 50.6 Å². The van der Waals surface area contributed by atoms with Gasteiger partial charge in [-0.15, -0.1) is 0 Å². The summed E-state index contributed by atoms with van der Waals surface area (Å²) >= 11 is 1.38. The third kappa shape index (κ3) is 3.12. The maximum Gasteiger partial charge on any atom is 0.308 e. The van der Waals surface area contributed by atoms with Gasteiger partial charge in [0.15, 0.2) is 0 Å². The SMILES string of the molecule is O=C(Cn1c2c(sc1=O)CCCCC2)N(C1CCCC1)C1CC1. The molecule has 0 bridgehead atoms. The monoisotopic (exact) mass is 334 g/mol. The van der Waals surface area contributed by atoms with Gasteiger partial charge in [0.25, 0.3) is 0 Å². The maximum atomic E-state index is 13.0. The van der Waals surface area contributed by atoms with Crippen LogP contribution in [0.4, 0.5) is 0 Å². The minimum absolute atomic E-state index is 0.0763. The molecule has 3 aliphatic rings. The van der Waals surface area contributed by atoms with Crippen molar-refractivity contribution in [1.82, 2.24) is 9.47 Å². The van der Waals surface area contributed by atoms with Crippen molar-refractivity contribution in [1.29, 1.82) is 0 Å². The number of thiazole rings is 1. The molecule has 3 aliphatic carbocycles. The number of nitrogens with zero attached hydrogens (tertiary/aromatic N) is 2. The largest absolute Gasteiger partial charge is 0.335 e. The van der Waals surface area contributed by atoms with E-state index >= 15 is 0 Å². The molecule has 0 spiro atoms. The van der Waals surface area contributed by atoms with Crippen LogP contribution in [0, 0.1) is 0 Å². The molecule has 4 rings (SSSR count). The molecule has 4 nitrogen and oxygen atoms in total. The topological polar surface area (TPSA) is 42.3 Å². The van der Waals surface area contributed by atoms with Gasteiger partial charge >= 0.3 is 4.87 Å². The third-order valence-electron chi connectivity index (χ3n) is 5.64. The highest BCUT2D eigenvalue weighted by Crippen LogP contribution is 2.35. The van der Waals surface area contributed by atoms with Crippen LogP contribution in [0.5, 0.6) is 0 Å². The Bertz CT molecular complexity index is 638. The van der Waals surface area contributed by atoms with E-state index in [1.807, 2.05) is 0 Å². The number of hydrogen-bond donors (Lipinski definition) is 0. The van der Waals surface area contributed by atoms with Crippen molar-refractivity contribution in [2.24, 2.45) is 0 Å². The van der Waals surface area contributed by atoms with E-state index in [-0.39, 0.29) is 17.3 Å². The van der Waals surface area contributed by atoms with E-state index in [1.54, 1.807) is 4.57 Å². The maximum absolute atomic E-state index is 13.0. The summed E-state index contributed by atoms with van der Waals surface area (Å²) in [5.41, 5.74) is 1.16. The fourth-order valence-electron chi connectivity index (χ4n) is 4.32. The van der Waals surface area contributed by atoms with Crippen LogP contribution in [0.25, 0.3) is 0 Å². The van der Waals surface area contributed by atoms with Gasteiger partial charge in [0.05, 0.1) is 0 Å². The first kappa shape index (κ1) is 15.4. The molecule has 1 aromatic rings. The van der Waals surface area contributed by atoms with Crippen LogP contribution in [0.1, 0.15) is 68.4 Å². The summed E-state index contributed by atoms with van der Waals surface area (Å²) in [5, 5.41) is 0. The smallest absolute Gasteiger partial charge is 0.308 e. The Morgan fingerprint density at radius 3 is 2.43 bits per heavy atom. The fraction of sp³-hybridized carbons (Fsp3) is 0.778. The normalized spacial score (nSPS) is 21.9. The van der Waals surface area contributed by atoms with Crippen molar-refractivity contribution >= 4 is 17.2 Å². The predicted molar refractivity (Wildman–Crippen MR) is 92.0 cm³/mol. The Kier molecular flexibility index (Phi) is 4.31. The van der Waals surface area contributed by atoms with Crippen molar-refractivity contribution in [3.8, 4) is 0 Å². The molecule has 0 atom stereocenters. The molecule has 2 fully saturated rings. The average Bonchev–Trinajstić information content (AvgIpc) is 3.20. The minimum atomic E-state index is 0.0763. The highest BCUT2D eigenvalue weighted by molar-refractivity contribution is 7.09. The van der Waals surface area contributed by atoms with Crippen LogP contribution in [0.3, 0.4) is 0 Å². The predicted octanol–water partition coefficient (Wildman–Crippen LogP) is 3.11. The van der Waals surface area contributed by atoms with E-state index in [0.29, 0.717) is 12.1 Å². The van der Waals surface area contributed by atoms with Gasteiger partial charge in [-0.25, -0.2) is 0 Å². The van der Waals surface area contributed by atoms with Crippen molar-refractivity contribution in [3.63, 3.8) is 0 Å². The Hall–Kier alpha value is -1.10. The Morgan fingerprint density at radius 1 is 1.00 bits per heavy atom. The van der Waals surface area contributed by atoms with Crippen LogP contribution in [0.2, 0.25) is 0 Å². The summed E-state index contributed by atoms with van der Waals surface area (Å²) in [6.45, 7) is 0.275. The zero-order valence-corrected chi connectivity index (χ0v) is 14.6. The standard InChI is InChI=1S/C18H26N2O2S/c21-17(20(14-10-11-14)13-6-4-5-7-13)12-19-15-8-2-1-3-9-16(15)23-18(19)22/h13-14H,1-12H2. The Labute approximate surface area is 141 Å². The third-order valence-corrected chi connectivity index (χ3v) is 6.72. The summed E-state index contributed by atoms with van der Waals surface area (Å²) < 4.78 is 1.80. The van der Waals surface area contributed by atoms with Crippen LogP contribution >= 0.6 is 11.3 Å². The molecule has 1 amide bonds. The molecular formula is C18H26N2O2S. The van der Waals surface area contributed by atoms with Gasteiger partial charge in [0.2, 0.25) is 5.91 Å². The highest BCUT2D eigenvalue weighted by Gasteiger charge is 2.38. The molecule has 1 aromatic heterocycles. The number of fused-ring (bicyclic) bond motifs is 1. The Morgan fingerprint density at radius 2 is 1.70 bits per heavy atom. The number of carbonyl (C=O) groups excluding carboxylic acids is 1. The molecule has 0 radical (unpaired) electrons. The van der Waals surface area contributed by atoms with E-state index in [9.17, 15) is 9.59 Å². The lowest BCUT2D eigenvalue weighted by molar-refractivity contribution is -0.134. The van der Waals surface area contributed by atoms with Crippen LogP contribution in [-0.4, -0.2) is 27.5 Å². The van der Waals surface area contributed by atoms with Crippen LogP contribution < -0.4 is 4.87 Å². The zero-order chi connectivity index (χ0) is 15.8. The quantitative estimate of drug-likeness (QED) is 0.794. The molecule has 0 N–H and O–H groups in total. The van der Waals surface area contributed by atoms with Gasteiger partial charge in [-0.2, -0.15) is 0 Å².